The summed E-state index contributed by atoms with van der Waals surface area (Å²) in [7, 11) is -3.39. The molecular weight excluding hydrogens is 276 g/mol. The molecule has 0 aromatic heterocycles. The molecule has 1 amide bonds. The number of halogens is 1. The van der Waals surface area contributed by atoms with Crippen molar-refractivity contribution >= 4 is 33.2 Å². The van der Waals surface area contributed by atoms with E-state index >= 15 is 0 Å². The molecular formula is C11H13ClN2O3S. The zero-order valence-electron chi connectivity index (χ0n) is 9.73. The maximum atomic E-state index is 11.7. The van der Waals surface area contributed by atoms with E-state index in [1.54, 1.807) is 0 Å². The van der Waals surface area contributed by atoms with Crippen LogP contribution in [0.15, 0.2) is 30.9 Å². The number of nitrogens with one attached hydrogen (secondary N) is 2. The van der Waals surface area contributed by atoms with Gasteiger partial charge in [-0.15, -0.1) is 6.58 Å². The van der Waals surface area contributed by atoms with Crippen LogP contribution in [-0.2, 0) is 10.0 Å². The predicted octanol–water partition coefficient (Wildman–Crippen LogP) is 1.63. The lowest BCUT2D eigenvalue weighted by molar-refractivity contribution is 0.0958. The zero-order chi connectivity index (χ0) is 13.8. The summed E-state index contributed by atoms with van der Waals surface area (Å²) in [5.74, 6) is -0.392. The van der Waals surface area contributed by atoms with Crippen molar-refractivity contribution in [2.24, 2.45) is 0 Å². The van der Waals surface area contributed by atoms with E-state index in [1.807, 2.05) is 0 Å². The molecule has 0 aliphatic rings. The molecule has 1 rings (SSSR count). The Balaban J connectivity index is 3.01. The van der Waals surface area contributed by atoms with E-state index in [4.69, 9.17) is 11.6 Å². The van der Waals surface area contributed by atoms with Gasteiger partial charge in [0.05, 0.1) is 16.8 Å². The number of sulfonamides is 1. The Bertz CT molecular complexity index is 570. The van der Waals surface area contributed by atoms with Gasteiger partial charge in [0.25, 0.3) is 5.91 Å². The molecule has 1 aromatic rings. The number of carbonyl (C=O) groups excluding carboxylic acids is 1. The van der Waals surface area contributed by atoms with Crippen molar-refractivity contribution in [3.63, 3.8) is 0 Å². The summed E-state index contributed by atoms with van der Waals surface area (Å²) >= 11 is 5.88. The normalized spacial score (nSPS) is 10.8. The molecule has 0 atom stereocenters. The fourth-order valence-electron chi connectivity index (χ4n) is 1.24. The highest BCUT2D eigenvalue weighted by atomic mass is 35.5. The molecule has 0 fully saturated rings. The summed E-state index contributed by atoms with van der Waals surface area (Å²) < 4.78 is 24.4. The van der Waals surface area contributed by atoms with Gasteiger partial charge >= 0.3 is 0 Å². The number of anilines is 1. The van der Waals surface area contributed by atoms with E-state index in [2.05, 4.69) is 16.6 Å². The first-order chi connectivity index (χ1) is 8.33. The van der Waals surface area contributed by atoms with Crippen molar-refractivity contribution in [3.05, 3.63) is 41.4 Å². The smallest absolute Gasteiger partial charge is 0.253 e. The van der Waals surface area contributed by atoms with Crippen LogP contribution in [0.2, 0.25) is 5.02 Å². The Morgan fingerprint density at radius 3 is 2.72 bits per heavy atom. The molecule has 7 heteroatoms. The topological polar surface area (TPSA) is 75.3 Å². The quantitative estimate of drug-likeness (QED) is 0.809. The summed E-state index contributed by atoms with van der Waals surface area (Å²) in [5, 5.41) is 2.81. The maximum Gasteiger partial charge on any atom is 0.253 e. The van der Waals surface area contributed by atoms with Gasteiger partial charge in [0, 0.05) is 12.2 Å². The van der Waals surface area contributed by atoms with Gasteiger partial charge in [0.1, 0.15) is 0 Å². The fraction of sp³-hybridized carbons (Fsp3) is 0.182. The van der Waals surface area contributed by atoms with E-state index in [0.29, 0.717) is 6.54 Å². The van der Waals surface area contributed by atoms with Gasteiger partial charge in [-0.25, -0.2) is 8.42 Å². The first kappa shape index (κ1) is 14.5. The minimum Gasteiger partial charge on any atom is -0.349 e. The minimum absolute atomic E-state index is 0.201. The first-order valence-corrected chi connectivity index (χ1v) is 7.27. The van der Waals surface area contributed by atoms with Crippen LogP contribution >= 0.6 is 11.6 Å². The number of amides is 1. The van der Waals surface area contributed by atoms with Crippen molar-refractivity contribution in [1.82, 2.24) is 5.32 Å². The molecule has 1 aromatic carbocycles. The average Bonchev–Trinajstić information content (AvgIpc) is 2.26. The third-order valence-electron chi connectivity index (χ3n) is 1.92. The highest BCUT2D eigenvalue weighted by Gasteiger charge is 2.11. The molecule has 5 nitrogen and oxygen atoms in total. The van der Waals surface area contributed by atoms with Crippen LogP contribution in [0.3, 0.4) is 0 Å². The second-order valence-corrected chi connectivity index (χ2v) is 5.72. The molecule has 0 bridgehead atoms. The Hall–Kier alpha value is -1.53. The van der Waals surface area contributed by atoms with Gasteiger partial charge in [-0.05, 0) is 18.2 Å². The van der Waals surface area contributed by atoms with Crippen LogP contribution in [0.25, 0.3) is 0 Å². The van der Waals surface area contributed by atoms with E-state index in [1.165, 1.54) is 24.3 Å². The number of benzene rings is 1. The Kier molecular flexibility index (Phi) is 4.75. The third-order valence-corrected chi connectivity index (χ3v) is 2.86. The molecule has 0 heterocycles. The second kappa shape index (κ2) is 5.88. The number of rotatable bonds is 5. The Morgan fingerprint density at radius 2 is 2.17 bits per heavy atom. The predicted molar refractivity (Wildman–Crippen MR) is 72.4 cm³/mol. The summed E-state index contributed by atoms with van der Waals surface area (Å²) in [5.41, 5.74) is 0.484. The molecule has 0 saturated carbocycles. The monoisotopic (exact) mass is 288 g/mol. The third kappa shape index (κ3) is 4.38. The largest absolute Gasteiger partial charge is 0.349 e. The molecule has 0 aliphatic heterocycles. The first-order valence-electron chi connectivity index (χ1n) is 5.00. The van der Waals surface area contributed by atoms with Crippen LogP contribution < -0.4 is 10.0 Å². The summed E-state index contributed by atoms with van der Waals surface area (Å²) in [6, 6.07) is 4.31. The molecule has 0 radical (unpaired) electrons. The van der Waals surface area contributed by atoms with Crippen LogP contribution in [0.5, 0.6) is 0 Å². The fourth-order valence-corrected chi connectivity index (χ4v) is 2.00. The SMILES string of the molecule is C=CCNC(=O)c1cc(NS(C)(=O)=O)ccc1Cl. The van der Waals surface area contributed by atoms with Crippen molar-refractivity contribution in [3.8, 4) is 0 Å². The van der Waals surface area contributed by atoms with Gasteiger partial charge in [0.2, 0.25) is 10.0 Å². The van der Waals surface area contributed by atoms with Crippen molar-refractivity contribution in [1.29, 1.82) is 0 Å². The number of carbonyl (C=O) groups is 1. The van der Waals surface area contributed by atoms with Crippen LogP contribution in [0.1, 0.15) is 10.4 Å². The number of hydrogen-bond acceptors (Lipinski definition) is 3. The van der Waals surface area contributed by atoms with E-state index in [-0.39, 0.29) is 16.3 Å². The molecule has 0 unspecified atom stereocenters. The van der Waals surface area contributed by atoms with E-state index in [0.717, 1.165) is 6.26 Å². The van der Waals surface area contributed by atoms with E-state index < -0.39 is 15.9 Å². The lowest BCUT2D eigenvalue weighted by Gasteiger charge is -2.08. The van der Waals surface area contributed by atoms with E-state index in [9.17, 15) is 13.2 Å². The maximum absolute atomic E-state index is 11.7. The average molecular weight is 289 g/mol. The molecule has 0 aliphatic carbocycles. The van der Waals surface area contributed by atoms with Crippen LogP contribution in [0, 0.1) is 0 Å². The molecule has 0 saturated heterocycles. The van der Waals surface area contributed by atoms with Crippen molar-refractivity contribution < 1.29 is 13.2 Å². The zero-order valence-corrected chi connectivity index (χ0v) is 11.3. The molecule has 0 spiro atoms. The van der Waals surface area contributed by atoms with Crippen molar-refractivity contribution in [2.45, 2.75) is 0 Å². The summed E-state index contributed by atoms with van der Waals surface area (Å²) in [6.07, 6.45) is 2.56. The van der Waals surface area contributed by atoms with Crippen molar-refractivity contribution in [2.75, 3.05) is 17.5 Å². The summed E-state index contributed by atoms with van der Waals surface area (Å²) in [4.78, 5) is 11.7. The minimum atomic E-state index is -3.39. The lowest BCUT2D eigenvalue weighted by atomic mass is 10.2. The standard InChI is InChI=1S/C11H13ClN2O3S/c1-3-6-13-11(15)9-7-8(4-5-10(9)12)14-18(2,16)17/h3-5,7,14H,1,6H2,2H3,(H,13,15). The van der Waals surface area contributed by atoms with Gasteiger partial charge in [-0.3, -0.25) is 9.52 Å². The Morgan fingerprint density at radius 1 is 1.50 bits per heavy atom. The second-order valence-electron chi connectivity index (χ2n) is 3.57. The number of hydrogen-bond donors (Lipinski definition) is 2. The highest BCUT2D eigenvalue weighted by Crippen LogP contribution is 2.21. The highest BCUT2D eigenvalue weighted by molar-refractivity contribution is 7.92. The molecule has 98 valence electrons. The van der Waals surface area contributed by atoms with Crippen LogP contribution in [0.4, 0.5) is 5.69 Å². The summed E-state index contributed by atoms with van der Waals surface area (Å²) in [6.45, 7) is 3.78. The lowest BCUT2D eigenvalue weighted by Crippen LogP contribution is -2.23. The Labute approximate surface area is 111 Å². The van der Waals surface area contributed by atoms with Gasteiger partial charge in [-0.1, -0.05) is 17.7 Å². The van der Waals surface area contributed by atoms with Gasteiger partial charge in [-0.2, -0.15) is 0 Å². The van der Waals surface area contributed by atoms with Gasteiger partial charge in [0.15, 0.2) is 0 Å². The molecule has 18 heavy (non-hydrogen) atoms. The van der Waals surface area contributed by atoms with Crippen LogP contribution in [-0.4, -0.2) is 27.1 Å². The molecule has 2 N–H and O–H groups in total. The van der Waals surface area contributed by atoms with Gasteiger partial charge < -0.3 is 5.32 Å².